The molecule has 15 heavy (non-hydrogen) atoms. The molecule has 0 aromatic heterocycles. The highest BCUT2D eigenvalue weighted by molar-refractivity contribution is 9.11. The van der Waals surface area contributed by atoms with Crippen molar-refractivity contribution in [1.29, 1.82) is 0 Å². The van der Waals surface area contributed by atoms with E-state index in [0.717, 1.165) is 10.0 Å². The van der Waals surface area contributed by atoms with Gasteiger partial charge in [-0.25, -0.2) is 0 Å². The number of hydrogen-bond acceptors (Lipinski definition) is 1. The summed E-state index contributed by atoms with van der Waals surface area (Å²) in [7, 11) is 0. The van der Waals surface area contributed by atoms with E-state index < -0.39 is 0 Å². The van der Waals surface area contributed by atoms with Crippen LogP contribution in [0.5, 0.6) is 0 Å². The van der Waals surface area contributed by atoms with Crippen molar-refractivity contribution in [1.82, 2.24) is 0 Å². The van der Waals surface area contributed by atoms with Gasteiger partial charge in [0, 0.05) is 15.1 Å². The smallest absolute Gasteiger partial charge is 0.108 e. The predicted molar refractivity (Wildman–Crippen MR) is 67.2 cm³/mol. The van der Waals surface area contributed by atoms with E-state index in [1.165, 1.54) is 0 Å². The third-order valence-electron chi connectivity index (χ3n) is 1.51. The molecule has 0 fully saturated rings. The van der Waals surface area contributed by atoms with Gasteiger partial charge in [-0.05, 0) is 24.3 Å². The molecule has 0 saturated heterocycles. The fourth-order valence-electron chi connectivity index (χ4n) is 0.884. The van der Waals surface area contributed by atoms with Gasteiger partial charge in [0.05, 0.1) is 6.61 Å². The highest BCUT2D eigenvalue weighted by Crippen LogP contribution is 2.08. The van der Waals surface area contributed by atoms with Crippen LogP contribution < -0.4 is 0 Å². The maximum absolute atomic E-state index is 5.74. The third kappa shape index (κ3) is 5.64. The molecule has 0 N–H and O–H groups in total. The van der Waals surface area contributed by atoms with Crippen LogP contribution in [-0.4, -0.2) is 13.2 Å². The van der Waals surface area contributed by atoms with Crippen LogP contribution in [0.4, 0.5) is 0 Å². The molecule has 0 unspecified atom stereocenters. The van der Waals surface area contributed by atoms with Crippen molar-refractivity contribution < 1.29 is 4.74 Å². The SMILES string of the molecule is C=C(Br)COCC#Cc1ccc(Cl)cc1. The van der Waals surface area contributed by atoms with E-state index in [1.54, 1.807) is 0 Å². The van der Waals surface area contributed by atoms with E-state index in [2.05, 4.69) is 34.3 Å². The van der Waals surface area contributed by atoms with Crippen LogP contribution in [0.25, 0.3) is 0 Å². The Balaban J connectivity index is 2.38. The minimum absolute atomic E-state index is 0.396. The van der Waals surface area contributed by atoms with Crippen molar-refractivity contribution in [2.75, 3.05) is 13.2 Å². The largest absolute Gasteiger partial charge is 0.364 e. The Morgan fingerprint density at radius 2 is 2.07 bits per heavy atom. The third-order valence-corrected chi connectivity index (χ3v) is 1.99. The molecule has 0 aliphatic carbocycles. The Kier molecular flexibility index (Phi) is 5.49. The Bertz CT molecular complexity index is 386. The van der Waals surface area contributed by atoms with Crippen molar-refractivity contribution in [3.63, 3.8) is 0 Å². The Morgan fingerprint density at radius 1 is 1.40 bits per heavy atom. The van der Waals surface area contributed by atoms with E-state index in [-0.39, 0.29) is 0 Å². The monoisotopic (exact) mass is 284 g/mol. The quantitative estimate of drug-likeness (QED) is 0.609. The molecule has 0 saturated carbocycles. The van der Waals surface area contributed by atoms with E-state index in [4.69, 9.17) is 16.3 Å². The van der Waals surface area contributed by atoms with Crippen LogP contribution in [0, 0.1) is 11.8 Å². The van der Waals surface area contributed by atoms with Crippen LogP contribution >= 0.6 is 27.5 Å². The number of benzene rings is 1. The fraction of sp³-hybridized carbons (Fsp3) is 0.167. The van der Waals surface area contributed by atoms with Gasteiger partial charge in [0.25, 0.3) is 0 Å². The summed E-state index contributed by atoms with van der Waals surface area (Å²) < 4.78 is 6.01. The van der Waals surface area contributed by atoms with Gasteiger partial charge in [0.15, 0.2) is 0 Å². The van der Waals surface area contributed by atoms with Gasteiger partial charge in [-0.3, -0.25) is 0 Å². The van der Waals surface area contributed by atoms with Crippen molar-refractivity contribution >= 4 is 27.5 Å². The minimum Gasteiger partial charge on any atom is -0.364 e. The van der Waals surface area contributed by atoms with Gasteiger partial charge in [0.1, 0.15) is 6.61 Å². The van der Waals surface area contributed by atoms with Gasteiger partial charge < -0.3 is 4.74 Å². The molecular formula is C12H10BrClO. The zero-order valence-electron chi connectivity index (χ0n) is 8.09. The summed E-state index contributed by atoms with van der Waals surface area (Å²) in [4.78, 5) is 0. The molecule has 1 aromatic carbocycles. The van der Waals surface area contributed by atoms with Crippen LogP contribution in [0.3, 0.4) is 0 Å². The van der Waals surface area contributed by atoms with E-state index in [1.807, 2.05) is 24.3 Å². The number of hydrogen-bond donors (Lipinski definition) is 0. The first kappa shape index (κ1) is 12.3. The molecule has 3 heteroatoms. The molecular weight excluding hydrogens is 275 g/mol. The number of ether oxygens (including phenoxy) is 1. The van der Waals surface area contributed by atoms with Crippen LogP contribution in [-0.2, 0) is 4.74 Å². The van der Waals surface area contributed by atoms with Gasteiger partial charge in [0.2, 0.25) is 0 Å². The summed E-state index contributed by atoms with van der Waals surface area (Å²) >= 11 is 8.94. The van der Waals surface area contributed by atoms with Crippen molar-refractivity contribution in [2.24, 2.45) is 0 Å². The molecule has 0 spiro atoms. The molecule has 0 atom stereocenters. The van der Waals surface area contributed by atoms with E-state index in [0.29, 0.717) is 18.2 Å². The van der Waals surface area contributed by atoms with Crippen molar-refractivity contribution in [2.45, 2.75) is 0 Å². The highest BCUT2D eigenvalue weighted by atomic mass is 79.9. The number of rotatable bonds is 3. The summed E-state index contributed by atoms with van der Waals surface area (Å²) in [6.07, 6.45) is 0. The second-order valence-electron chi connectivity index (χ2n) is 2.82. The van der Waals surface area contributed by atoms with Gasteiger partial charge in [-0.2, -0.15) is 0 Å². The first-order valence-corrected chi connectivity index (χ1v) is 5.51. The summed E-state index contributed by atoms with van der Waals surface area (Å²) in [5.41, 5.74) is 0.931. The Morgan fingerprint density at radius 3 is 2.67 bits per heavy atom. The Hall–Kier alpha value is -0.750. The van der Waals surface area contributed by atoms with Gasteiger partial charge in [-0.1, -0.05) is 46.0 Å². The van der Waals surface area contributed by atoms with E-state index >= 15 is 0 Å². The summed E-state index contributed by atoms with van der Waals surface area (Å²) in [5.74, 6) is 5.87. The molecule has 0 aliphatic rings. The standard InChI is InChI=1S/C12H10BrClO/c1-10(13)9-15-8-2-3-11-4-6-12(14)7-5-11/h4-7H,1,8-9H2. The maximum atomic E-state index is 5.74. The van der Waals surface area contributed by atoms with Gasteiger partial charge >= 0.3 is 0 Å². The van der Waals surface area contributed by atoms with Crippen LogP contribution in [0.15, 0.2) is 35.3 Å². The summed E-state index contributed by atoms with van der Waals surface area (Å²) in [5, 5.41) is 0.715. The first-order valence-electron chi connectivity index (χ1n) is 4.34. The molecule has 0 heterocycles. The average Bonchev–Trinajstić information content (AvgIpc) is 2.20. The number of halogens is 2. The van der Waals surface area contributed by atoms with Crippen molar-refractivity contribution in [3.8, 4) is 11.8 Å². The normalized spacial score (nSPS) is 9.20. The summed E-state index contributed by atoms with van der Waals surface area (Å²) in [6.45, 7) is 4.53. The molecule has 0 amide bonds. The first-order chi connectivity index (χ1) is 7.18. The minimum atomic E-state index is 0.396. The zero-order valence-corrected chi connectivity index (χ0v) is 10.4. The lowest BCUT2D eigenvalue weighted by molar-refractivity contribution is 0.198. The second-order valence-corrected chi connectivity index (χ2v) is 4.38. The molecule has 0 bridgehead atoms. The van der Waals surface area contributed by atoms with Gasteiger partial charge in [-0.15, -0.1) is 0 Å². The molecule has 0 radical (unpaired) electrons. The van der Waals surface area contributed by atoms with Crippen molar-refractivity contribution in [3.05, 3.63) is 45.9 Å². The summed E-state index contributed by atoms with van der Waals surface area (Å²) in [6, 6.07) is 7.37. The molecule has 1 rings (SSSR count). The lowest BCUT2D eigenvalue weighted by atomic mass is 10.2. The Labute approximate surface area is 103 Å². The topological polar surface area (TPSA) is 9.23 Å². The average molecular weight is 286 g/mol. The second kappa shape index (κ2) is 6.68. The van der Waals surface area contributed by atoms with Crippen LogP contribution in [0.2, 0.25) is 5.02 Å². The molecule has 1 aromatic rings. The maximum Gasteiger partial charge on any atom is 0.108 e. The highest BCUT2D eigenvalue weighted by Gasteiger charge is 1.88. The molecule has 0 aliphatic heterocycles. The van der Waals surface area contributed by atoms with E-state index in [9.17, 15) is 0 Å². The molecule has 78 valence electrons. The molecule has 1 nitrogen and oxygen atoms in total. The zero-order chi connectivity index (χ0) is 11.1. The lowest BCUT2D eigenvalue weighted by Crippen LogP contribution is -1.93. The fourth-order valence-corrected chi connectivity index (χ4v) is 1.17. The van der Waals surface area contributed by atoms with Crippen LogP contribution in [0.1, 0.15) is 5.56 Å². The lowest BCUT2D eigenvalue weighted by Gasteiger charge is -1.95. The predicted octanol–water partition coefficient (Wildman–Crippen LogP) is 3.62.